The van der Waals surface area contributed by atoms with Gasteiger partial charge in [-0.1, -0.05) is 24.3 Å². The minimum absolute atomic E-state index is 0.0114. The summed E-state index contributed by atoms with van der Waals surface area (Å²) in [4.78, 5) is 23.3. The van der Waals surface area contributed by atoms with Crippen LogP contribution in [-0.4, -0.2) is 31.4 Å². The third-order valence-electron chi connectivity index (χ3n) is 3.11. The molecule has 1 aromatic carbocycles. The monoisotopic (exact) mass is 248 g/mol. The van der Waals surface area contributed by atoms with Crippen LogP contribution in [0.3, 0.4) is 0 Å². The number of Topliss-reactive ketones (excluding diaryl/α,β-unsaturated/α-hetero) is 1. The van der Waals surface area contributed by atoms with E-state index in [-0.39, 0.29) is 12.4 Å². The van der Waals surface area contributed by atoms with Crippen LogP contribution in [0.15, 0.2) is 24.3 Å². The third-order valence-corrected chi connectivity index (χ3v) is 3.11. The molecule has 2 unspecified atom stereocenters. The van der Waals surface area contributed by atoms with Gasteiger partial charge in [0.05, 0.1) is 12.1 Å². The van der Waals surface area contributed by atoms with Crippen molar-refractivity contribution in [2.24, 2.45) is 5.73 Å². The number of benzene rings is 1. The van der Waals surface area contributed by atoms with Crippen LogP contribution < -0.4 is 11.1 Å². The SMILES string of the molecule is COCC(=O)C1NC(C(N)=O)Cc2ccccc21. The molecule has 3 N–H and O–H groups in total. The maximum Gasteiger partial charge on any atom is 0.234 e. The Hall–Kier alpha value is -1.72. The maximum atomic E-state index is 12.0. The van der Waals surface area contributed by atoms with Crippen molar-refractivity contribution in [3.8, 4) is 0 Å². The van der Waals surface area contributed by atoms with Gasteiger partial charge in [-0.3, -0.25) is 14.9 Å². The minimum atomic E-state index is -0.521. The zero-order chi connectivity index (χ0) is 13.1. The molecule has 0 fully saturated rings. The molecule has 0 aliphatic carbocycles. The molecule has 96 valence electrons. The van der Waals surface area contributed by atoms with E-state index in [9.17, 15) is 9.59 Å². The van der Waals surface area contributed by atoms with Gasteiger partial charge in [0.15, 0.2) is 5.78 Å². The molecule has 5 heteroatoms. The molecular formula is C13H16N2O3. The molecule has 1 amide bonds. The van der Waals surface area contributed by atoms with Crippen LogP contribution in [0.25, 0.3) is 0 Å². The van der Waals surface area contributed by atoms with Crippen molar-refractivity contribution >= 4 is 11.7 Å². The number of carbonyl (C=O) groups excluding carboxylic acids is 2. The Kier molecular flexibility index (Phi) is 3.74. The van der Waals surface area contributed by atoms with Gasteiger partial charge in [-0.25, -0.2) is 0 Å². The fourth-order valence-electron chi connectivity index (χ4n) is 2.25. The molecule has 2 rings (SSSR count). The summed E-state index contributed by atoms with van der Waals surface area (Å²) >= 11 is 0. The molecule has 1 heterocycles. The first-order chi connectivity index (χ1) is 8.63. The minimum Gasteiger partial charge on any atom is -0.377 e. The van der Waals surface area contributed by atoms with E-state index in [1.165, 1.54) is 7.11 Å². The lowest BCUT2D eigenvalue weighted by molar-refractivity contribution is -0.126. The summed E-state index contributed by atoms with van der Waals surface area (Å²) in [5.74, 6) is -0.546. The molecule has 5 nitrogen and oxygen atoms in total. The van der Waals surface area contributed by atoms with Gasteiger partial charge in [0.25, 0.3) is 0 Å². The summed E-state index contributed by atoms with van der Waals surface area (Å²) in [5, 5.41) is 2.99. The van der Waals surface area contributed by atoms with E-state index in [2.05, 4.69) is 5.32 Å². The fourth-order valence-corrected chi connectivity index (χ4v) is 2.25. The lowest BCUT2D eigenvalue weighted by Crippen LogP contribution is -2.50. The highest BCUT2D eigenvalue weighted by atomic mass is 16.5. The smallest absolute Gasteiger partial charge is 0.234 e. The summed E-state index contributed by atoms with van der Waals surface area (Å²) < 4.78 is 4.86. The first kappa shape index (κ1) is 12.7. The molecule has 1 aromatic rings. The first-order valence-corrected chi connectivity index (χ1v) is 5.78. The van der Waals surface area contributed by atoms with E-state index in [0.29, 0.717) is 6.42 Å². The van der Waals surface area contributed by atoms with Gasteiger partial charge in [-0.05, 0) is 17.5 Å². The van der Waals surface area contributed by atoms with Crippen molar-refractivity contribution in [3.63, 3.8) is 0 Å². The average molecular weight is 248 g/mol. The van der Waals surface area contributed by atoms with Crippen molar-refractivity contribution in [2.45, 2.75) is 18.5 Å². The molecule has 0 saturated carbocycles. The highest BCUT2D eigenvalue weighted by Gasteiger charge is 2.32. The number of amides is 1. The van der Waals surface area contributed by atoms with Crippen LogP contribution >= 0.6 is 0 Å². The predicted molar refractivity (Wildman–Crippen MR) is 65.9 cm³/mol. The van der Waals surface area contributed by atoms with Crippen molar-refractivity contribution in [3.05, 3.63) is 35.4 Å². The van der Waals surface area contributed by atoms with Crippen LogP contribution in [0.5, 0.6) is 0 Å². The van der Waals surface area contributed by atoms with Crippen molar-refractivity contribution < 1.29 is 14.3 Å². The number of carbonyl (C=O) groups is 2. The Morgan fingerprint density at radius 2 is 2.17 bits per heavy atom. The van der Waals surface area contributed by atoms with E-state index in [1.54, 1.807) is 0 Å². The molecule has 0 bridgehead atoms. The molecule has 0 radical (unpaired) electrons. The normalized spacial score (nSPS) is 22.3. The number of methoxy groups -OCH3 is 1. The van der Waals surface area contributed by atoms with Gasteiger partial charge in [-0.15, -0.1) is 0 Å². The summed E-state index contributed by atoms with van der Waals surface area (Å²) in [6.07, 6.45) is 0.516. The Bertz CT molecular complexity index is 473. The second-order valence-corrected chi connectivity index (χ2v) is 4.36. The summed E-state index contributed by atoms with van der Waals surface area (Å²) in [7, 11) is 1.47. The quantitative estimate of drug-likeness (QED) is 0.782. The Balaban J connectivity index is 2.33. The Morgan fingerprint density at radius 3 is 2.83 bits per heavy atom. The number of primary amides is 1. The van der Waals surface area contributed by atoms with Crippen LogP contribution in [0.2, 0.25) is 0 Å². The van der Waals surface area contributed by atoms with Crippen LogP contribution in [0.4, 0.5) is 0 Å². The molecule has 1 aliphatic heterocycles. The molecular weight excluding hydrogens is 232 g/mol. The standard InChI is InChI=1S/C13H16N2O3/c1-18-7-11(16)12-9-5-3-2-4-8(9)6-10(15-12)13(14)17/h2-5,10,12,15H,6-7H2,1H3,(H2,14,17). The lowest BCUT2D eigenvalue weighted by Gasteiger charge is -2.30. The molecule has 0 saturated heterocycles. The largest absolute Gasteiger partial charge is 0.377 e. The number of nitrogens with one attached hydrogen (secondary N) is 1. The van der Waals surface area contributed by atoms with Crippen molar-refractivity contribution in [1.29, 1.82) is 0 Å². The zero-order valence-corrected chi connectivity index (χ0v) is 10.2. The first-order valence-electron chi connectivity index (χ1n) is 5.78. The van der Waals surface area contributed by atoms with Gasteiger partial charge in [0.1, 0.15) is 6.61 Å². The topological polar surface area (TPSA) is 81.4 Å². The highest BCUT2D eigenvalue weighted by Crippen LogP contribution is 2.25. The number of ketones is 1. The number of fused-ring (bicyclic) bond motifs is 1. The highest BCUT2D eigenvalue weighted by molar-refractivity contribution is 5.89. The van der Waals surface area contributed by atoms with Gasteiger partial charge < -0.3 is 10.5 Å². The third kappa shape index (κ3) is 2.42. The number of hydrogen-bond acceptors (Lipinski definition) is 4. The van der Waals surface area contributed by atoms with Gasteiger partial charge in [0.2, 0.25) is 5.91 Å². The second kappa shape index (κ2) is 5.29. The van der Waals surface area contributed by atoms with Crippen LogP contribution in [0, 0.1) is 0 Å². The predicted octanol–water partition coefficient (Wildman–Crippen LogP) is -0.0572. The van der Waals surface area contributed by atoms with Crippen LogP contribution in [-0.2, 0) is 20.7 Å². The molecule has 1 aliphatic rings. The zero-order valence-electron chi connectivity index (χ0n) is 10.2. The summed E-state index contributed by atoms with van der Waals surface area (Å²) in [6.45, 7) is 0.0114. The maximum absolute atomic E-state index is 12.0. The van der Waals surface area contributed by atoms with Crippen LogP contribution in [0.1, 0.15) is 17.2 Å². The second-order valence-electron chi connectivity index (χ2n) is 4.36. The van der Waals surface area contributed by atoms with Gasteiger partial charge >= 0.3 is 0 Å². The lowest BCUT2D eigenvalue weighted by atomic mass is 9.88. The van der Waals surface area contributed by atoms with E-state index >= 15 is 0 Å². The molecule has 0 aromatic heterocycles. The van der Waals surface area contributed by atoms with Gasteiger partial charge in [-0.2, -0.15) is 0 Å². The van der Waals surface area contributed by atoms with E-state index in [1.807, 2.05) is 24.3 Å². The van der Waals surface area contributed by atoms with E-state index in [0.717, 1.165) is 11.1 Å². The average Bonchev–Trinajstić information content (AvgIpc) is 2.37. The van der Waals surface area contributed by atoms with Crippen molar-refractivity contribution in [2.75, 3.05) is 13.7 Å². The number of hydrogen-bond donors (Lipinski definition) is 2. The summed E-state index contributed by atoms with van der Waals surface area (Å²) in [6, 6.07) is 6.54. The van der Waals surface area contributed by atoms with E-state index < -0.39 is 18.0 Å². The number of ether oxygens (including phenoxy) is 1. The van der Waals surface area contributed by atoms with E-state index in [4.69, 9.17) is 10.5 Å². The van der Waals surface area contributed by atoms with Crippen molar-refractivity contribution in [1.82, 2.24) is 5.32 Å². The van der Waals surface area contributed by atoms with Gasteiger partial charge in [0, 0.05) is 7.11 Å². The number of nitrogens with two attached hydrogens (primary N) is 1. The molecule has 2 atom stereocenters. The molecule has 0 spiro atoms. The fraction of sp³-hybridized carbons (Fsp3) is 0.385. The Labute approximate surface area is 105 Å². The number of rotatable bonds is 4. The summed E-state index contributed by atoms with van der Waals surface area (Å²) in [5.41, 5.74) is 7.20. The Morgan fingerprint density at radius 1 is 1.44 bits per heavy atom. The molecule has 18 heavy (non-hydrogen) atoms.